The first kappa shape index (κ1) is 15.3. The lowest BCUT2D eigenvalue weighted by molar-refractivity contribution is 0.162. The summed E-state index contributed by atoms with van der Waals surface area (Å²) in [5.74, 6) is 0. The number of para-hydroxylation sites is 1. The third-order valence-corrected chi connectivity index (χ3v) is 4.36. The molecule has 4 nitrogen and oxygen atoms in total. The topological polar surface area (TPSA) is 41.3 Å². The molecule has 1 N–H and O–H groups in total. The van der Waals surface area contributed by atoms with Crippen LogP contribution in [-0.4, -0.2) is 39.5 Å². The lowest BCUT2D eigenvalue weighted by Crippen LogP contribution is -2.22. The molecule has 0 fully saturated rings. The van der Waals surface area contributed by atoms with Crippen LogP contribution in [0.1, 0.15) is 36.7 Å². The van der Waals surface area contributed by atoms with Gasteiger partial charge in [-0.1, -0.05) is 18.2 Å². The Morgan fingerprint density at radius 1 is 1.27 bits per heavy atom. The molecule has 3 rings (SSSR count). The largest absolute Gasteiger partial charge is 0.393 e. The van der Waals surface area contributed by atoms with Crippen molar-refractivity contribution in [3.8, 4) is 5.69 Å². The molecule has 1 aliphatic carbocycles. The maximum Gasteiger partial charge on any atom is 0.0803 e. The minimum atomic E-state index is -0.241. The molecular weight excluding hydrogens is 274 g/mol. The van der Waals surface area contributed by atoms with E-state index in [2.05, 4.69) is 40.9 Å². The van der Waals surface area contributed by atoms with E-state index >= 15 is 0 Å². The first-order valence-electron chi connectivity index (χ1n) is 8.17. The Bertz CT molecular complexity index is 619. The second kappa shape index (κ2) is 6.63. The van der Waals surface area contributed by atoms with Crippen LogP contribution in [0.25, 0.3) is 5.69 Å². The van der Waals surface area contributed by atoms with Gasteiger partial charge in [0.2, 0.25) is 0 Å². The zero-order valence-electron chi connectivity index (χ0n) is 13.5. The third-order valence-electron chi connectivity index (χ3n) is 4.36. The fourth-order valence-corrected chi connectivity index (χ4v) is 3.17. The summed E-state index contributed by atoms with van der Waals surface area (Å²) in [5.41, 5.74) is 5.17. The molecule has 118 valence electrons. The van der Waals surface area contributed by atoms with E-state index in [-0.39, 0.29) is 6.10 Å². The van der Waals surface area contributed by atoms with Gasteiger partial charge in [-0.2, -0.15) is 5.10 Å². The summed E-state index contributed by atoms with van der Waals surface area (Å²) < 4.78 is 2.13. The van der Waals surface area contributed by atoms with E-state index in [1.165, 1.54) is 23.4 Å². The Morgan fingerprint density at radius 3 is 2.77 bits per heavy atom. The fourth-order valence-electron chi connectivity index (χ4n) is 3.17. The molecule has 0 saturated carbocycles. The number of nitrogens with zero attached hydrogens (tertiary/aromatic N) is 3. The minimum absolute atomic E-state index is 0.241. The van der Waals surface area contributed by atoms with Gasteiger partial charge in [0.25, 0.3) is 0 Å². The van der Waals surface area contributed by atoms with E-state index in [0.29, 0.717) is 0 Å². The van der Waals surface area contributed by atoms with Crippen molar-refractivity contribution < 1.29 is 5.11 Å². The van der Waals surface area contributed by atoms with Crippen LogP contribution in [0.5, 0.6) is 0 Å². The molecule has 22 heavy (non-hydrogen) atoms. The highest BCUT2D eigenvalue weighted by Gasteiger charge is 2.23. The monoisotopic (exact) mass is 299 g/mol. The van der Waals surface area contributed by atoms with E-state index in [9.17, 15) is 5.11 Å². The summed E-state index contributed by atoms with van der Waals surface area (Å²) >= 11 is 0. The van der Waals surface area contributed by atoms with Crippen LogP contribution in [-0.2, 0) is 19.4 Å². The number of benzene rings is 1. The van der Waals surface area contributed by atoms with Gasteiger partial charge in [-0.3, -0.25) is 0 Å². The molecule has 0 amide bonds. The smallest absolute Gasteiger partial charge is 0.0803 e. The maximum atomic E-state index is 9.43. The fraction of sp³-hybridized carbons (Fsp3) is 0.500. The predicted molar refractivity (Wildman–Crippen MR) is 88.2 cm³/mol. The normalized spacial score (nSPS) is 15.3. The van der Waals surface area contributed by atoms with E-state index in [1.54, 1.807) is 0 Å². The maximum absolute atomic E-state index is 9.43. The van der Waals surface area contributed by atoms with Crippen molar-refractivity contribution in [3.05, 3.63) is 47.3 Å². The number of aliphatic hydroxyl groups is 1. The van der Waals surface area contributed by atoms with Crippen LogP contribution < -0.4 is 0 Å². The first-order valence-corrected chi connectivity index (χ1v) is 8.17. The molecule has 1 aliphatic rings. The van der Waals surface area contributed by atoms with Crippen LogP contribution in [0.3, 0.4) is 0 Å². The summed E-state index contributed by atoms with van der Waals surface area (Å²) in [6.07, 6.45) is 4.05. The predicted octanol–water partition coefficient (Wildman–Crippen LogP) is 2.56. The summed E-state index contributed by atoms with van der Waals surface area (Å²) in [4.78, 5) is 2.25. The van der Waals surface area contributed by atoms with Gasteiger partial charge >= 0.3 is 0 Å². The van der Waals surface area contributed by atoms with Crippen molar-refractivity contribution in [3.63, 3.8) is 0 Å². The van der Waals surface area contributed by atoms with Gasteiger partial charge in [0.15, 0.2) is 0 Å². The molecule has 0 bridgehead atoms. The van der Waals surface area contributed by atoms with E-state index in [1.807, 2.05) is 13.0 Å². The molecule has 0 aliphatic heterocycles. The van der Waals surface area contributed by atoms with Crippen LogP contribution >= 0.6 is 0 Å². The molecule has 4 heteroatoms. The molecule has 1 aromatic heterocycles. The lowest BCUT2D eigenvalue weighted by atomic mass is 10.2. The van der Waals surface area contributed by atoms with Gasteiger partial charge in [-0.15, -0.1) is 0 Å². The second-order valence-corrected chi connectivity index (χ2v) is 6.35. The van der Waals surface area contributed by atoms with Gasteiger partial charge in [0.05, 0.1) is 17.5 Å². The molecule has 0 saturated heterocycles. The summed E-state index contributed by atoms with van der Waals surface area (Å²) in [6, 6.07) is 10.4. The number of aromatic nitrogens is 2. The van der Waals surface area contributed by atoms with Crippen LogP contribution in [0, 0.1) is 0 Å². The second-order valence-electron chi connectivity index (χ2n) is 6.35. The van der Waals surface area contributed by atoms with Crippen LogP contribution in [0.4, 0.5) is 0 Å². The summed E-state index contributed by atoms with van der Waals surface area (Å²) in [6.45, 7) is 3.59. The standard InChI is InChI=1S/C18H25N3O/c1-14(22)11-12-20(2)13-17-16-9-6-10-18(16)21(19-17)15-7-4-3-5-8-15/h3-5,7-8,14,22H,6,9-13H2,1-2H3. The Morgan fingerprint density at radius 2 is 2.05 bits per heavy atom. The SMILES string of the molecule is CC(O)CCN(C)Cc1nn(-c2ccccc2)c2c1CCC2. The van der Waals surface area contributed by atoms with Crippen LogP contribution in [0.2, 0.25) is 0 Å². The Hall–Kier alpha value is -1.65. The average molecular weight is 299 g/mol. The highest BCUT2D eigenvalue weighted by molar-refractivity contribution is 5.39. The number of rotatable bonds is 6. The number of fused-ring (bicyclic) bond motifs is 1. The number of aliphatic hydroxyl groups excluding tert-OH is 1. The highest BCUT2D eigenvalue weighted by atomic mass is 16.3. The number of hydrogen-bond donors (Lipinski definition) is 1. The molecule has 2 aromatic rings. The van der Waals surface area contributed by atoms with Crippen molar-refractivity contribution in [1.29, 1.82) is 0 Å². The molecule has 0 radical (unpaired) electrons. The van der Waals surface area contributed by atoms with Crippen molar-refractivity contribution in [2.75, 3.05) is 13.6 Å². The molecule has 0 spiro atoms. The zero-order chi connectivity index (χ0) is 15.5. The first-order chi connectivity index (χ1) is 10.6. The van der Waals surface area contributed by atoms with E-state index < -0.39 is 0 Å². The summed E-state index contributed by atoms with van der Waals surface area (Å²) in [7, 11) is 2.10. The average Bonchev–Trinajstić information content (AvgIpc) is 3.10. The van der Waals surface area contributed by atoms with Gasteiger partial charge in [-0.25, -0.2) is 4.68 Å². The molecule has 1 atom stereocenters. The van der Waals surface area contributed by atoms with Crippen molar-refractivity contribution in [1.82, 2.24) is 14.7 Å². The Labute approximate surface area is 132 Å². The van der Waals surface area contributed by atoms with Crippen LogP contribution in [0.15, 0.2) is 30.3 Å². The molecule has 1 unspecified atom stereocenters. The van der Waals surface area contributed by atoms with Gasteiger partial charge in [0, 0.05) is 18.8 Å². The lowest BCUT2D eigenvalue weighted by Gasteiger charge is -2.16. The van der Waals surface area contributed by atoms with E-state index in [4.69, 9.17) is 5.10 Å². The quantitative estimate of drug-likeness (QED) is 0.891. The van der Waals surface area contributed by atoms with Gasteiger partial charge in [0.1, 0.15) is 0 Å². The molecule has 1 heterocycles. The van der Waals surface area contributed by atoms with Crippen molar-refractivity contribution in [2.24, 2.45) is 0 Å². The van der Waals surface area contributed by atoms with Gasteiger partial charge in [-0.05, 0) is 57.4 Å². The minimum Gasteiger partial charge on any atom is -0.393 e. The Balaban J connectivity index is 1.81. The van der Waals surface area contributed by atoms with Crippen molar-refractivity contribution in [2.45, 2.75) is 45.3 Å². The van der Waals surface area contributed by atoms with Crippen molar-refractivity contribution >= 4 is 0 Å². The van der Waals surface area contributed by atoms with E-state index in [0.717, 1.165) is 38.0 Å². The number of hydrogen-bond acceptors (Lipinski definition) is 3. The highest BCUT2D eigenvalue weighted by Crippen LogP contribution is 2.28. The summed E-state index contributed by atoms with van der Waals surface area (Å²) in [5, 5.41) is 14.3. The third kappa shape index (κ3) is 3.23. The Kier molecular flexibility index (Phi) is 4.60. The van der Waals surface area contributed by atoms with Gasteiger partial charge < -0.3 is 10.0 Å². The molecule has 1 aromatic carbocycles. The zero-order valence-corrected chi connectivity index (χ0v) is 13.5. The molecular formula is C18H25N3O.